The number of carboxylic acid groups (broad SMARTS) is 1. The second-order valence-electron chi connectivity index (χ2n) is 10.3. The number of hydrogen-bond acceptors (Lipinski definition) is 6. The molecule has 1 saturated carbocycles. The molecule has 1 amide bonds. The van der Waals surface area contributed by atoms with Crippen LogP contribution in [0, 0.1) is 11.2 Å². The van der Waals surface area contributed by atoms with Crippen molar-refractivity contribution in [2.75, 3.05) is 24.5 Å². The Bertz CT molecular complexity index is 1180. The highest BCUT2D eigenvalue weighted by atomic mass is 19.1. The maximum atomic E-state index is 15.1. The Morgan fingerprint density at radius 2 is 2.06 bits per heavy atom. The molecule has 1 aliphatic heterocycles. The lowest BCUT2D eigenvalue weighted by molar-refractivity contribution is 0.0506. The second kappa shape index (κ2) is 8.00. The summed E-state index contributed by atoms with van der Waals surface area (Å²) in [6.45, 7) is 8.73. The van der Waals surface area contributed by atoms with Crippen LogP contribution in [-0.4, -0.2) is 52.0 Å². The van der Waals surface area contributed by atoms with Crippen LogP contribution in [0.25, 0.3) is 11.0 Å². The topological polar surface area (TPSA) is 114 Å². The fourth-order valence-electron chi connectivity index (χ4n) is 4.19. The van der Waals surface area contributed by atoms with Gasteiger partial charge in [0.05, 0.1) is 5.39 Å². The number of ether oxygens (including phenoxy) is 1. The largest absolute Gasteiger partial charge is 0.477 e. The van der Waals surface area contributed by atoms with Gasteiger partial charge in [-0.15, -0.1) is 0 Å². The van der Waals surface area contributed by atoms with Crippen molar-refractivity contribution in [1.82, 2.24) is 14.9 Å². The molecule has 0 spiro atoms. The number of amides is 1. The molecule has 2 N–H and O–H groups in total. The Morgan fingerprint density at radius 3 is 2.67 bits per heavy atom. The van der Waals surface area contributed by atoms with Crippen molar-refractivity contribution < 1.29 is 23.8 Å². The highest BCUT2D eigenvalue weighted by Gasteiger charge is 2.37. The quantitative estimate of drug-likeness (QED) is 0.704. The number of carboxylic acids is 1. The number of fused-ring (bicyclic) bond motifs is 1. The van der Waals surface area contributed by atoms with E-state index in [2.05, 4.69) is 10.3 Å². The van der Waals surface area contributed by atoms with Crippen molar-refractivity contribution in [3.63, 3.8) is 0 Å². The van der Waals surface area contributed by atoms with Crippen LogP contribution in [0.4, 0.5) is 15.0 Å². The number of rotatable bonds is 5. The van der Waals surface area contributed by atoms with Gasteiger partial charge in [0, 0.05) is 37.3 Å². The first-order valence-corrected chi connectivity index (χ1v) is 11.1. The van der Waals surface area contributed by atoms with Crippen molar-refractivity contribution >= 4 is 28.9 Å². The van der Waals surface area contributed by atoms with Gasteiger partial charge in [0.25, 0.3) is 0 Å². The van der Waals surface area contributed by atoms with Crippen LogP contribution in [0.3, 0.4) is 0 Å². The molecule has 2 aliphatic rings. The molecule has 1 unspecified atom stereocenters. The van der Waals surface area contributed by atoms with Crippen LogP contribution in [0.15, 0.2) is 17.1 Å². The van der Waals surface area contributed by atoms with Gasteiger partial charge in [0.2, 0.25) is 5.43 Å². The molecule has 33 heavy (non-hydrogen) atoms. The van der Waals surface area contributed by atoms with E-state index in [0.717, 1.165) is 18.9 Å². The zero-order chi connectivity index (χ0) is 24.1. The molecule has 4 rings (SSSR count). The van der Waals surface area contributed by atoms with Crippen LogP contribution < -0.4 is 15.6 Å². The van der Waals surface area contributed by atoms with Crippen LogP contribution in [0.5, 0.6) is 0 Å². The summed E-state index contributed by atoms with van der Waals surface area (Å²) in [6.07, 6.45) is 3.22. The van der Waals surface area contributed by atoms with E-state index in [1.807, 2.05) is 6.92 Å². The number of carbonyl (C=O) groups is 2. The van der Waals surface area contributed by atoms with Gasteiger partial charge in [-0.25, -0.2) is 19.0 Å². The number of halogens is 1. The van der Waals surface area contributed by atoms with Crippen LogP contribution in [-0.2, 0) is 4.74 Å². The number of nitrogens with zero attached hydrogens (tertiary/aromatic N) is 3. The minimum absolute atomic E-state index is 0.0309. The Kier molecular flexibility index (Phi) is 5.58. The van der Waals surface area contributed by atoms with Gasteiger partial charge in [-0.1, -0.05) is 6.92 Å². The predicted molar refractivity (Wildman–Crippen MR) is 120 cm³/mol. The molecule has 1 aliphatic carbocycles. The number of nitrogens with one attached hydrogen (secondary N) is 1. The molecular weight excluding hydrogens is 431 g/mol. The Labute approximate surface area is 190 Å². The third-order valence-electron chi connectivity index (χ3n) is 6.03. The first-order chi connectivity index (χ1) is 15.4. The van der Waals surface area contributed by atoms with Gasteiger partial charge in [-0.2, -0.15) is 0 Å². The standard InChI is InChI=1S/C23H29FN4O5/c1-22(2,3)33-21(32)25-11-23(4)7-8-27(12-23)19-16(24)9-14-17(29)15(20(30)31)10-28(13-5-6-13)18(14)26-19/h9-10,13H,5-8,11-12H2,1-4H3,(H,25,32)(H,30,31). The molecular formula is C23H29FN4O5. The average molecular weight is 461 g/mol. The van der Waals surface area contributed by atoms with Gasteiger partial charge in [0.1, 0.15) is 16.8 Å². The number of aromatic nitrogens is 2. The van der Waals surface area contributed by atoms with E-state index in [1.165, 1.54) is 6.20 Å². The fourth-order valence-corrected chi connectivity index (χ4v) is 4.19. The zero-order valence-corrected chi connectivity index (χ0v) is 19.3. The van der Waals surface area contributed by atoms with E-state index >= 15 is 4.39 Å². The van der Waals surface area contributed by atoms with Gasteiger partial charge in [-0.05, 0) is 46.1 Å². The lowest BCUT2D eigenvalue weighted by atomic mass is 9.90. The summed E-state index contributed by atoms with van der Waals surface area (Å²) in [6, 6.07) is 1.15. The lowest BCUT2D eigenvalue weighted by Crippen LogP contribution is -2.40. The van der Waals surface area contributed by atoms with Crippen molar-refractivity contribution in [1.29, 1.82) is 0 Å². The summed E-state index contributed by atoms with van der Waals surface area (Å²) in [5.74, 6) is -1.89. The van der Waals surface area contributed by atoms with Crippen molar-refractivity contribution in [2.45, 2.75) is 58.6 Å². The second-order valence-corrected chi connectivity index (χ2v) is 10.3. The zero-order valence-electron chi connectivity index (χ0n) is 19.3. The normalized spacial score (nSPS) is 20.8. The molecule has 2 fully saturated rings. The maximum absolute atomic E-state index is 15.1. The summed E-state index contributed by atoms with van der Waals surface area (Å²) >= 11 is 0. The molecule has 1 saturated heterocycles. The van der Waals surface area contributed by atoms with E-state index < -0.39 is 28.9 Å². The molecule has 178 valence electrons. The highest BCUT2D eigenvalue weighted by Crippen LogP contribution is 2.38. The summed E-state index contributed by atoms with van der Waals surface area (Å²) < 4.78 is 22.1. The molecule has 9 nitrogen and oxygen atoms in total. The van der Waals surface area contributed by atoms with E-state index in [-0.39, 0.29) is 28.2 Å². The predicted octanol–water partition coefficient (Wildman–Crippen LogP) is 3.31. The third kappa shape index (κ3) is 4.79. The monoisotopic (exact) mass is 460 g/mol. The minimum Gasteiger partial charge on any atom is -0.477 e. The number of anilines is 1. The van der Waals surface area contributed by atoms with Crippen LogP contribution >= 0.6 is 0 Å². The molecule has 0 radical (unpaired) electrons. The SMILES string of the molecule is CC1(CNC(=O)OC(C)(C)C)CCN(c2nc3c(cc2F)c(=O)c(C(=O)O)cn3C2CC2)C1. The molecule has 2 aromatic rings. The van der Waals surface area contributed by atoms with Gasteiger partial charge in [-0.3, -0.25) is 4.79 Å². The fraction of sp³-hybridized carbons (Fsp3) is 0.565. The van der Waals surface area contributed by atoms with E-state index in [9.17, 15) is 19.5 Å². The summed E-state index contributed by atoms with van der Waals surface area (Å²) in [5, 5.41) is 12.1. The van der Waals surface area contributed by atoms with Gasteiger partial charge >= 0.3 is 12.1 Å². The van der Waals surface area contributed by atoms with Gasteiger partial charge < -0.3 is 24.6 Å². The number of carbonyl (C=O) groups excluding carboxylic acids is 1. The minimum atomic E-state index is -1.34. The summed E-state index contributed by atoms with van der Waals surface area (Å²) in [5.41, 5.74) is -1.73. The molecule has 2 aromatic heterocycles. The third-order valence-corrected chi connectivity index (χ3v) is 6.03. The Hall–Kier alpha value is -3.17. The first kappa shape index (κ1) is 23.0. The molecule has 0 bridgehead atoms. The summed E-state index contributed by atoms with van der Waals surface area (Å²) in [4.78, 5) is 42.5. The Morgan fingerprint density at radius 1 is 1.36 bits per heavy atom. The molecule has 10 heteroatoms. The molecule has 0 aromatic carbocycles. The number of alkyl carbamates (subject to hydrolysis) is 1. The number of hydrogen-bond donors (Lipinski definition) is 2. The number of pyridine rings is 2. The Balaban J connectivity index is 1.60. The van der Waals surface area contributed by atoms with Gasteiger partial charge in [0.15, 0.2) is 11.6 Å². The van der Waals surface area contributed by atoms with Crippen molar-refractivity contribution in [2.24, 2.45) is 5.41 Å². The van der Waals surface area contributed by atoms with Crippen molar-refractivity contribution in [3.05, 3.63) is 33.9 Å². The lowest BCUT2D eigenvalue weighted by Gasteiger charge is -2.27. The first-order valence-electron chi connectivity index (χ1n) is 11.1. The van der Waals surface area contributed by atoms with E-state index in [0.29, 0.717) is 31.7 Å². The summed E-state index contributed by atoms with van der Waals surface area (Å²) in [7, 11) is 0. The van der Waals surface area contributed by atoms with E-state index in [4.69, 9.17) is 4.74 Å². The molecule has 3 heterocycles. The maximum Gasteiger partial charge on any atom is 0.407 e. The van der Waals surface area contributed by atoms with Crippen LogP contribution in [0.2, 0.25) is 0 Å². The van der Waals surface area contributed by atoms with E-state index in [1.54, 1.807) is 30.2 Å². The average Bonchev–Trinajstić information content (AvgIpc) is 3.47. The smallest absolute Gasteiger partial charge is 0.407 e. The van der Waals surface area contributed by atoms with Crippen LogP contribution in [0.1, 0.15) is 63.4 Å². The molecule has 1 atom stereocenters. The highest BCUT2D eigenvalue weighted by molar-refractivity contribution is 5.92. The van der Waals surface area contributed by atoms with Crippen molar-refractivity contribution in [3.8, 4) is 0 Å². The number of aromatic carboxylic acids is 1.